The van der Waals surface area contributed by atoms with Crippen LogP contribution in [0.1, 0.15) is 79.1 Å². The zero-order valence-corrected chi connectivity index (χ0v) is 16.5. The molecule has 0 aromatic heterocycles. The van der Waals surface area contributed by atoms with Crippen LogP contribution in [0.2, 0.25) is 0 Å². The average molecular weight is 380 g/mol. The predicted molar refractivity (Wildman–Crippen MR) is 81.9 cm³/mol. The number of hydrogen-bond acceptors (Lipinski definition) is 2. The Balaban J connectivity index is -0.000000295. The number of hydrogen-bond donors (Lipinski definition) is 2. The second-order valence-electron chi connectivity index (χ2n) is 5.17. The van der Waals surface area contributed by atoms with E-state index in [1.54, 1.807) is 0 Å². The molecule has 0 saturated carbocycles. The molecule has 0 fully saturated rings. The fraction of sp³-hybridized carbons (Fsp3) is 0.875. The molecule has 0 amide bonds. The number of carboxylic acids is 2. The molecular weight excluding hydrogens is 347 g/mol. The van der Waals surface area contributed by atoms with Crippen molar-refractivity contribution >= 4 is 11.9 Å². The summed E-state index contributed by atoms with van der Waals surface area (Å²) in [6.07, 6.45) is 7.43. The van der Waals surface area contributed by atoms with Crippen molar-refractivity contribution in [3.05, 3.63) is 0 Å². The van der Waals surface area contributed by atoms with Crippen LogP contribution in [0, 0.1) is 11.8 Å². The molecule has 0 spiro atoms. The van der Waals surface area contributed by atoms with Crippen molar-refractivity contribution in [3.8, 4) is 0 Å². The largest absolute Gasteiger partial charge is 0.481 e. The van der Waals surface area contributed by atoms with Crippen molar-refractivity contribution in [2.75, 3.05) is 0 Å². The second kappa shape index (κ2) is 17.9. The van der Waals surface area contributed by atoms with Gasteiger partial charge in [0.05, 0.1) is 11.8 Å². The van der Waals surface area contributed by atoms with Gasteiger partial charge in [0.2, 0.25) is 0 Å². The van der Waals surface area contributed by atoms with E-state index in [1.165, 1.54) is 0 Å². The maximum absolute atomic E-state index is 10.4. The van der Waals surface area contributed by atoms with Crippen molar-refractivity contribution < 1.29 is 46.0 Å². The minimum atomic E-state index is -0.643. The van der Waals surface area contributed by atoms with Crippen LogP contribution in [-0.2, 0) is 35.8 Å². The summed E-state index contributed by atoms with van der Waals surface area (Å²) >= 11 is 0. The van der Waals surface area contributed by atoms with Gasteiger partial charge in [-0.1, -0.05) is 53.4 Å². The monoisotopic (exact) mass is 378 g/mol. The third-order valence-electron chi connectivity index (χ3n) is 3.50. The van der Waals surface area contributed by atoms with Gasteiger partial charge in [0, 0.05) is 26.2 Å². The van der Waals surface area contributed by atoms with E-state index in [9.17, 15) is 9.59 Å². The van der Waals surface area contributed by atoms with Crippen molar-refractivity contribution in [3.63, 3.8) is 0 Å². The summed E-state index contributed by atoms with van der Waals surface area (Å²) in [5, 5.41) is 17.2. The molecule has 0 heterocycles. The first-order valence-electron chi connectivity index (χ1n) is 7.89. The Morgan fingerprint density at radius 2 is 1.05 bits per heavy atom. The van der Waals surface area contributed by atoms with Gasteiger partial charge in [-0.3, -0.25) is 9.59 Å². The molecule has 2 N–H and O–H groups in total. The quantitative estimate of drug-likeness (QED) is 0.583. The fourth-order valence-electron chi connectivity index (χ4n) is 1.91. The third kappa shape index (κ3) is 16.0. The van der Waals surface area contributed by atoms with E-state index < -0.39 is 11.9 Å². The van der Waals surface area contributed by atoms with Crippen molar-refractivity contribution in [1.82, 2.24) is 0 Å². The first-order chi connectivity index (χ1) is 9.44. The molecular formula is C16H32O4Zr. The van der Waals surface area contributed by atoms with Gasteiger partial charge in [0.15, 0.2) is 0 Å². The molecule has 2 unspecified atom stereocenters. The zero-order valence-electron chi connectivity index (χ0n) is 14.0. The van der Waals surface area contributed by atoms with Crippen LogP contribution >= 0.6 is 0 Å². The summed E-state index contributed by atoms with van der Waals surface area (Å²) in [4.78, 5) is 20.9. The summed E-state index contributed by atoms with van der Waals surface area (Å²) in [5.74, 6) is -1.51. The maximum atomic E-state index is 10.4. The number of carbonyl (C=O) groups is 2. The van der Waals surface area contributed by atoms with Crippen LogP contribution < -0.4 is 0 Å². The van der Waals surface area contributed by atoms with Gasteiger partial charge < -0.3 is 10.2 Å². The molecule has 0 bridgehead atoms. The smallest absolute Gasteiger partial charge is 0.306 e. The van der Waals surface area contributed by atoms with Gasteiger partial charge in [-0.25, -0.2) is 0 Å². The Morgan fingerprint density at radius 3 is 1.19 bits per heavy atom. The zero-order chi connectivity index (χ0) is 16.0. The Morgan fingerprint density at radius 1 is 0.762 bits per heavy atom. The fourth-order valence-corrected chi connectivity index (χ4v) is 1.91. The van der Waals surface area contributed by atoms with Crippen LogP contribution in [0.5, 0.6) is 0 Å². The summed E-state index contributed by atoms with van der Waals surface area (Å²) in [5.41, 5.74) is 0. The minimum absolute atomic E-state index is 0. The summed E-state index contributed by atoms with van der Waals surface area (Å²) < 4.78 is 0. The third-order valence-corrected chi connectivity index (χ3v) is 3.50. The van der Waals surface area contributed by atoms with Crippen LogP contribution in [0.3, 0.4) is 0 Å². The van der Waals surface area contributed by atoms with E-state index in [4.69, 9.17) is 10.2 Å². The number of aliphatic carboxylic acids is 2. The molecule has 0 aliphatic carbocycles. The molecule has 0 aromatic carbocycles. The molecule has 0 radical (unpaired) electrons. The standard InChI is InChI=1S/2C8H16O2.Zr/c2*1-3-5-6-7(4-2)8(9)10;/h2*7H,3-6H2,1-2H3,(H,9,10);. The predicted octanol–water partition coefficient (Wildman–Crippen LogP) is 4.57. The molecule has 0 rings (SSSR count). The van der Waals surface area contributed by atoms with Gasteiger partial charge in [-0.05, 0) is 25.7 Å². The Kier molecular flexibility index (Phi) is 21.9. The number of rotatable bonds is 10. The van der Waals surface area contributed by atoms with Gasteiger partial charge >= 0.3 is 11.9 Å². The number of unbranched alkanes of at least 4 members (excludes halogenated alkanes) is 2. The van der Waals surface area contributed by atoms with Gasteiger partial charge in [-0.2, -0.15) is 0 Å². The molecule has 0 saturated heterocycles. The molecule has 124 valence electrons. The molecule has 21 heavy (non-hydrogen) atoms. The van der Waals surface area contributed by atoms with Gasteiger partial charge in [0.1, 0.15) is 0 Å². The summed E-state index contributed by atoms with van der Waals surface area (Å²) in [6.45, 7) is 8.01. The van der Waals surface area contributed by atoms with E-state index in [0.717, 1.165) is 51.4 Å². The van der Waals surface area contributed by atoms with Crippen LogP contribution in [0.4, 0.5) is 0 Å². The van der Waals surface area contributed by atoms with E-state index >= 15 is 0 Å². The Bertz CT molecular complexity index is 231. The van der Waals surface area contributed by atoms with Gasteiger partial charge in [-0.15, -0.1) is 0 Å². The summed E-state index contributed by atoms with van der Waals surface area (Å²) in [7, 11) is 0. The first-order valence-corrected chi connectivity index (χ1v) is 7.89. The Hall–Kier alpha value is -0.177. The van der Waals surface area contributed by atoms with E-state index in [1.807, 2.05) is 13.8 Å². The van der Waals surface area contributed by atoms with Gasteiger partial charge in [0.25, 0.3) is 0 Å². The second-order valence-corrected chi connectivity index (χ2v) is 5.17. The molecule has 2 atom stereocenters. The Labute approximate surface area is 148 Å². The maximum Gasteiger partial charge on any atom is 0.306 e. The van der Waals surface area contributed by atoms with E-state index in [0.29, 0.717) is 0 Å². The van der Waals surface area contributed by atoms with E-state index in [-0.39, 0.29) is 38.0 Å². The van der Waals surface area contributed by atoms with Crippen molar-refractivity contribution in [1.29, 1.82) is 0 Å². The van der Waals surface area contributed by atoms with E-state index in [2.05, 4.69) is 13.8 Å². The van der Waals surface area contributed by atoms with Crippen molar-refractivity contribution in [2.45, 2.75) is 79.1 Å². The van der Waals surface area contributed by atoms with Crippen molar-refractivity contribution in [2.24, 2.45) is 11.8 Å². The molecule has 5 heteroatoms. The topological polar surface area (TPSA) is 74.6 Å². The normalized spacial score (nSPS) is 12.4. The molecule has 0 aliphatic heterocycles. The average Bonchev–Trinajstić information content (AvgIpc) is 2.40. The van der Waals surface area contributed by atoms with Crippen LogP contribution in [0.25, 0.3) is 0 Å². The first kappa shape index (κ1) is 25.8. The molecule has 4 nitrogen and oxygen atoms in total. The number of carboxylic acid groups (broad SMARTS) is 2. The molecule has 0 aliphatic rings. The SMILES string of the molecule is CCCCC(CC)C(=O)O.CCCCC(CC)C(=O)O.[Zr]. The minimum Gasteiger partial charge on any atom is -0.481 e. The van der Waals surface area contributed by atoms with Crippen LogP contribution in [0.15, 0.2) is 0 Å². The summed E-state index contributed by atoms with van der Waals surface area (Å²) in [6, 6.07) is 0. The van der Waals surface area contributed by atoms with Crippen LogP contribution in [-0.4, -0.2) is 22.2 Å². The molecule has 0 aromatic rings.